The van der Waals surface area contributed by atoms with Crippen LogP contribution in [0.5, 0.6) is 0 Å². The topological polar surface area (TPSA) is 42.4 Å². The van der Waals surface area contributed by atoms with Crippen LogP contribution in [-0.4, -0.2) is 42.1 Å². The van der Waals surface area contributed by atoms with E-state index in [1.165, 1.54) is 7.11 Å². The van der Waals surface area contributed by atoms with Crippen molar-refractivity contribution in [2.45, 2.75) is 37.9 Å². The standard InChI is InChI=1S/C13H17F3N2O2S/c1-8(12(19)20-2)18-5-3-4-9(6-18)11-17-10(7-21-11)13(14,15)16/h7-9H,3-6H2,1-2H3. The van der Waals surface area contributed by atoms with Crippen LogP contribution in [0.3, 0.4) is 0 Å². The fourth-order valence-corrected chi connectivity index (χ4v) is 3.44. The van der Waals surface area contributed by atoms with Crippen LogP contribution in [0.1, 0.15) is 36.4 Å². The van der Waals surface area contributed by atoms with Crippen LogP contribution in [0.15, 0.2) is 5.38 Å². The van der Waals surface area contributed by atoms with Gasteiger partial charge in [0.2, 0.25) is 0 Å². The van der Waals surface area contributed by atoms with Crippen molar-refractivity contribution in [1.82, 2.24) is 9.88 Å². The first-order valence-corrected chi connectivity index (χ1v) is 7.55. The third-order valence-corrected chi connectivity index (χ3v) is 4.71. The Morgan fingerprint density at radius 3 is 2.86 bits per heavy atom. The second-order valence-corrected chi connectivity index (χ2v) is 5.99. The predicted molar refractivity (Wildman–Crippen MR) is 72.1 cm³/mol. The van der Waals surface area contributed by atoms with Crippen molar-refractivity contribution in [2.75, 3.05) is 20.2 Å². The molecule has 1 aromatic heterocycles. The molecule has 1 saturated heterocycles. The van der Waals surface area contributed by atoms with Crippen molar-refractivity contribution >= 4 is 17.3 Å². The number of rotatable bonds is 3. The lowest BCUT2D eigenvalue weighted by atomic mass is 9.97. The van der Waals surface area contributed by atoms with E-state index in [1.807, 2.05) is 4.90 Å². The summed E-state index contributed by atoms with van der Waals surface area (Å²) in [5, 5.41) is 1.54. The molecule has 1 aliphatic rings. The lowest BCUT2D eigenvalue weighted by Gasteiger charge is -2.34. The Bertz CT molecular complexity index is 504. The highest BCUT2D eigenvalue weighted by Crippen LogP contribution is 2.35. The van der Waals surface area contributed by atoms with E-state index >= 15 is 0 Å². The molecule has 2 rings (SSSR count). The molecule has 0 N–H and O–H groups in total. The van der Waals surface area contributed by atoms with Crippen LogP contribution in [0, 0.1) is 0 Å². The average Bonchev–Trinajstić information content (AvgIpc) is 2.95. The van der Waals surface area contributed by atoms with Crippen molar-refractivity contribution in [1.29, 1.82) is 0 Å². The van der Waals surface area contributed by atoms with Crippen molar-refractivity contribution in [3.8, 4) is 0 Å². The highest BCUT2D eigenvalue weighted by atomic mass is 32.1. The van der Waals surface area contributed by atoms with Gasteiger partial charge in [0.25, 0.3) is 0 Å². The summed E-state index contributed by atoms with van der Waals surface area (Å²) in [4.78, 5) is 17.2. The van der Waals surface area contributed by atoms with Crippen molar-refractivity contribution in [3.63, 3.8) is 0 Å². The summed E-state index contributed by atoms with van der Waals surface area (Å²) in [6, 6.07) is -0.389. The first kappa shape index (κ1) is 16.2. The van der Waals surface area contributed by atoms with E-state index in [0.717, 1.165) is 36.1 Å². The fourth-order valence-electron chi connectivity index (χ4n) is 2.48. The predicted octanol–water partition coefficient (Wildman–Crippen LogP) is 2.90. The number of esters is 1. The highest BCUT2D eigenvalue weighted by Gasteiger charge is 2.36. The van der Waals surface area contributed by atoms with Crippen LogP contribution in [0.2, 0.25) is 0 Å². The minimum atomic E-state index is -4.40. The molecule has 1 aliphatic heterocycles. The van der Waals surface area contributed by atoms with Crippen LogP contribution >= 0.6 is 11.3 Å². The number of hydrogen-bond acceptors (Lipinski definition) is 5. The Balaban J connectivity index is 2.07. The first-order valence-electron chi connectivity index (χ1n) is 6.67. The maximum absolute atomic E-state index is 12.6. The number of alkyl halides is 3. The molecule has 1 fully saturated rings. The van der Waals surface area contributed by atoms with E-state index < -0.39 is 11.9 Å². The zero-order valence-electron chi connectivity index (χ0n) is 11.8. The molecule has 2 atom stereocenters. The largest absolute Gasteiger partial charge is 0.468 e. The molecule has 118 valence electrons. The quantitative estimate of drug-likeness (QED) is 0.803. The molecule has 0 spiro atoms. The van der Waals surface area contributed by atoms with Gasteiger partial charge in [0.1, 0.15) is 6.04 Å². The number of aromatic nitrogens is 1. The number of ether oxygens (including phenoxy) is 1. The molecular formula is C13H17F3N2O2S. The van der Waals surface area contributed by atoms with E-state index in [-0.39, 0.29) is 17.9 Å². The second-order valence-electron chi connectivity index (χ2n) is 5.10. The Kier molecular flexibility index (Phi) is 4.88. The molecule has 0 aromatic carbocycles. The normalized spacial score (nSPS) is 22.0. The lowest BCUT2D eigenvalue weighted by Crippen LogP contribution is -2.44. The van der Waals surface area contributed by atoms with Crippen LogP contribution < -0.4 is 0 Å². The summed E-state index contributed by atoms with van der Waals surface area (Å²) in [7, 11) is 1.33. The first-order chi connectivity index (χ1) is 9.82. The average molecular weight is 322 g/mol. The van der Waals surface area contributed by atoms with Gasteiger partial charge in [0.15, 0.2) is 5.69 Å². The molecule has 8 heteroatoms. The maximum Gasteiger partial charge on any atom is 0.434 e. The van der Waals surface area contributed by atoms with Gasteiger partial charge in [-0.1, -0.05) is 0 Å². The molecule has 0 amide bonds. The number of carbonyl (C=O) groups is 1. The molecule has 4 nitrogen and oxygen atoms in total. The van der Waals surface area contributed by atoms with Crippen LogP contribution in [0.4, 0.5) is 13.2 Å². The number of carbonyl (C=O) groups excluding carboxylic acids is 1. The Hall–Kier alpha value is -1.15. The minimum Gasteiger partial charge on any atom is -0.468 e. The number of methoxy groups -OCH3 is 1. The van der Waals surface area contributed by atoms with Gasteiger partial charge in [-0.2, -0.15) is 13.2 Å². The number of thiazole rings is 1. The van der Waals surface area contributed by atoms with E-state index in [0.29, 0.717) is 11.6 Å². The SMILES string of the molecule is COC(=O)C(C)N1CCCC(c2nc(C(F)(F)F)cs2)C1. The third kappa shape index (κ3) is 3.74. The van der Waals surface area contributed by atoms with Crippen LogP contribution in [-0.2, 0) is 15.7 Å². The van der Waals surface area contributed by atoms with Crippen LogP contribution in [0.25, 0.3) is 0 Å². The molecule has 2 unspecified atom stereocenters. The van der Waals surface area contributed by atoms with E-state index in [9.17, 15) is 18.0 Å². The Labute approximate surface area is 124 Å². The molecule has 0 aliphatic carbocycles. The number of hydrogen-bond donors (Lipinski definition) is 0. The zero-order chi connectivity index (χ0) is 15.6. The van der Waals surface area contributed by atoms with Gasteiger partial charge in [-0.3, -0.25) is 9.69 Å². The van der Waals surface area contributed by atoms with E-state index in [1.54, 1.807) is 6.92 Å². The number of likely N-dealkylation sites (tertiary alicyclic amines) is 1. The summed E-state index contributed by atoms with van der Waals surface area (Å²) in [6.07, 6.45) is -2.79. The summed E-state index contributed by atoms with van der Waals surface area (Å²) >= 11 is 1.04. The number of piperidine rings is 1. The zero-order valence-corrected chi connectivity index (χ0v) is 12.6. The summed E-state index contributed by atoms with van der Waals surface area (Å²) in [5.41, 5.74) is -0.833. The molecule has 0 bridgehead atoms. The molecule has 0 radical (unpaired) electrons. The molecule has 21 heavy (non-hydrogen) atoms. The molecule has 0 saturated carbocycles. The highest BCUT2D eigenvalue weighted by molar-refractivity contribution is 7.09. The maximum atomic E-state index is 12.6. The summed E-state index contributed by atoms with van der Waals surface area (Å²) in [5.74, 6) is -0.391. The van der Waals surface area contributed by atoms with Gasteiger partial charge in [0, 0.05) is 17.8 Å². The van der Waals surface area contributed by atoms with Gasteiger partial charge in [-0.15, -0.1) is 11.3 Å². The number of halogens is 3. The van der Waals surface area contributed by atoms with Crippen molar-refractivity contribution in [2.24, 2.45) is 0 Å². The van der Waals surface area contributed by atoms with Gasteiger partial charge in [0.05, 0.1) is 12.1 Å². The molecule has 1 aromatic rings. The lowest BCUT2D eigenvalue weighted by molar-refractivity contribution is -0.146. The van der Waals surface area contributed by atoms with Gasteiger partial charge in [-0.05, 0) is 26.3 Å². The van der Waals surface area contributed by atoms with E-state index in [4.69, 9.17) is 4.74 Å². The minimum absolute atomic E-state index is 0.0630. The van der Waals surface area contributed by atoms with Crippen molar-refractivity contribution < 1.29 is 22.7 Å². The van der Waals surface area contributed by atoms with Gasteiger partial charge >= 0.3 is 12.1 Å². The van der Waals surface area contributed by atoms with Gasteiger partial charge < -0.3 is 4.74 Å². The summed E-state index contributed by atoms with van der Waals surface area (Å²) < 4.78 is 42.5. The monoisotopic (exact) mass is 322 g/mol. The van der Waals surface area contributed by atoms with E-state index in [2.05, 4.69) is 4.98 Å². The Morgan fingerprint density at radius 1 is 1.57 bits per heavy atom. The second kappa shape index (κ2) is 6.31. The summed E-state index contributed by atoms with van der Waals surface area (Å²) in [6.45, 7) is 3.02. The Morgan fingerprint density at radius 2 is 2.29 bits per heavy atom. The fraction of sp³-hybridized carbons (Fsp3) is 0.692. The molecule has 2 heterocycles. The smallest absolute Gasteiger partial charge is 0.434 e. The van der Waals surface area contributed by atoms with Crippen molar-refractivity contribution in [3.05, 3.63) is 16.1 Å². The molecular weight excluding hydrogens is 305 g/mol. The third-order valence-electron chi connectivity index (χ3n) is 3.70. The van der Waals surface area contributed by atoms with Gasteiger partial charge in [-0.25, -0.2) is 4.98 Å². The number of nitrogens with zero attached hydrogens (tertiary/aromatic N) is 2.